The van der Waals surface area contributed by atoms with Crippen molar-refractivity contribution in [1.82, 2.24) is 40.3 Å². The van der Waals surface area contributed by atoms with Gasteiger partial charge >= 0.3 is 0 Å². The van der Waals surface area contributed by atoms with Crippen molar-refractivity contribution in [3.63, 3.8) is 0 Å². The molecule has 10 nitrogen and oxygen atoms in total. The molecule has 0 spiro atoms. The highest BCUT2D eigenvalue weighted by atomic mass is 35.5. The Morgan fingerprint density at radius 1 is 0.788 bits per heavy atom. The van der Waals surface area contributed by atoms with Gasteiger partial charge in [-0.2, -0.15) is 10.2 Å². The number of aromatic amines is 2. The minimum absolute atomic E-state index is 0.178. The van der Waals surface area contributed by atoms with E-state index in [-0.39, 0.29) is 10.6 Å². The van der Waals surface area contributed by atoms with Gasteiger partial charge in [0.15, 0.2) is 5.82 Å². The van der Waals surface area contributed by atoms with Crippen molar-refractivity contribution in [3.8, 4) is 0 Å². The van der Waals surface area contributed by atoms with Crippen LogP contribution in [-0.2, 0) is 0 Å². The maximum Gasteiger partial charge on any atom is 0.224 e. The number of halogens is 3. The Morgan fingerprint density at radius 2 is 1.39 bits per heavy atom. The van der Waals surface area contributed by atoms with E-state index < -0.39 is 0 Å². The molecule has 2 saturated carbocycles. The zero-order valence-electron chi connectivity index (χ0n) is 17.3. The van der Waals surface area contributed by atoms with Gasteiger partial charge in [0.25, 0.3) is 0 Å². The molecule has 0 saturated heterocycles. The van der Waals surface area contributed by atoms with Crippen molar-refractivity contribution >= 4 is 52.3 Å². The molecule has 2 fully saturated rings. The molecule has 0 amide bonds. The molecule has 0 aromatic carbocycles. The molecule has 0 aliphatic heterocycles. The lowest BCUT2D eigenvalue weighted by atomic mass is 10.3. The van der Waals surface area contributed by atoms with Gasteiger partial charge in [-0.05, 0) is 61.0 Å². The standard InChI is InChI=1S/C10H10ClN5.C6H9N3.C4H2Cl2N2/c11-10-12-4-3-8(14-10)13-9-5-7(15-16-9)6-1-2-6;7-6-3-5(8-9-6)4-1-2-4;5-3-1-2-7-4(6)8-3/h3-6H,1-2H2,(H2,12,13,14,15,16);3-4H,1-2H2,(H3,7,8,9);1-2H. The Labute approximate surface area is 204 Å². The Hall–Kier alpha value is -2.95. The number of hydrogen-bond donors (Lipinski definition) is 4. The minimum Gasteiger partial charge on any atom is -0.382 e. The van der Waals surface area contributed by atoms with E-state index in [4.69, 9.17) is 40.5 Å². The molecule has 0 radical (unpaired) electrons. The lowest BCUT2D eigenvalue weighted by Crippen LogP contribution is -1.94. The maximum atomic E-state index is 5.69. The SMILES string of the molecule is Clc1ccnc(Cl)n1.Clc1nccc(Nc2cc(C3CC3)[nH]n2)n1.Nc1cc(C2CC2)[nH]n1. The molecule has 4 aromatic heterocycles. The Kier molecular flexibility index (Phi) is 7.58. The average molecular weight is 508 g/mol. The van der Waals surface area contributed by atoms with Crippen LogP contribution in [0.4, 0.5) is 17.5 Å². The molecule has 13 heteroatoms. The van der Waals surface area contributed by atoms with Gasteiger partial charge in [0, 0.05) is 47.8 Å². The Bertz CT molecular complexity index is 1170. The predicted molar refractivity (Wildman–Crippen MR) is 128 cm³/mol. The van der Waals surface area contributed by atoms with Crippen LogP contribution in [0.2, 0.25) is 15.7 Å². The van der Waals surface area contributed by atoms with Crippen molar-refractivity contribution in [3.05, 3.63) is 63.8 Å². The van der Waals surface area contributed by atoms with Crippen molar-refractivity contribution in [1.29, 1.82) is 0 Å². The topological polar surface area (TPSA) is 147 Å². The van der Waals surface area contributed by atoms with Gasteiger partial charge in [0.1, 0.15) is 16.8 Å². The summed E-state index contributed by atoms with van der Waals surface area (Å²) in [5.41, 5.74) is 7.79. The van der Waals surface area contributed by atoms with Crippen LogP contribution in [0.5, 0.6) is 0 Å². The van der Waals surface area contributed by atoms with Crippen LogP contribution >= 0.6 is 34.8 Å². The summed E-state index contributed by atoms with van der Waals surface area (Å²) < 4.78 is 0. The molecule has 4 aromatic rings. The summed E-state index contributed by atoms with van der Waals surface area (Å²) in [6.45, 7) is 0. The fraction of sp³-hybridized carbons (Fsp3) is 0.300. The largest absolute Gasteiger partial charge is 0.382 e. The van der Waals surface area contributed by atoms with Crippen LogP contribution < -0.4 is 11.1 Å². The van der Waals surface area contributed by atoms with E-state index in [2.05, 4.69) is 45.6 Å². The van der Waals surface area contributed by atoms with Gasteiger partial charge in [-0.3, -0.25) is 10.2 Å². The van der Waals surface area contributed by atoms with E-state index in [1.54, 1.807) is 18.3 Å². The third-order valence-electron chi connectivity index (χ3n) is 4.72. The molecular weight excluding hydrogens is 487 g/mol. The van der Waals surface area contributed by atoms with Crippen LogP contribution in [0, 0.1) is 0 Å². The van der Waals surface area contributed by atoms with Gasteiger partial charge in [-0.1, -0.05) is 11.6 Å². The summed E-state index contributed by atoms with van der Waals surface area (Å²) in [6, 6.07) is 7.23. The second-order valence-corrected chi connectivity index (χ2v) is 8.55. The summed E-state index contributed by atoms with van der Waals surface area (Å²) in [5, 5.41) is 17.7. The normalized spacial score (nSPS) is 14.5. The monoisotopic (exact) mass is 506 g/mol. The number of nitrogen functional groups attached to an aromatic ring is 1. The number of nitrogens with one attached hydrogen (secondary N) is 3. The van der Waals surface area contributed by atoms with Crippen LogP contribution in [0.25, 0.3) is 0 Å². The first-order chi connectivity index (χ1) is 16.0. The minimum atomic E-state index is 0.178. The predicted octanol–water partition coefficient (Wildman–Crippen LogP) is 5.13. The number of aromatic nitrogens is 8. The summed E-state index contributed by atoms with van der Waals surface area (Å²) in [4.78, 5) is 15.0. The van der Waals surface area contributed by atoms with Gasteiger partial charge < -0.3 is 11.1 Å². The van der Waals surface area contributed by atoms with E-state index in [0.717, 1.165) is 11.7 Å². The molecule has 5 N–H and O–H groups in total. The number of hydrogen-bond acceptors (Lipinski definition) is 8. The third kappa shape index (κ3) is 7.55. The number of nitrogens with zero attached hydrogens (tertiary/aromatic N) is 6. The zero-order valence-corrected chi connectivity index (χ0v) is 19.6. The van der Waals surface area contributed by atoms with E-state index in [1.165, 1.54) is 43.3 Å². The lowest BCUT2D eigenvalue weighted by Gasteiger charge is -1.99. The number of rotatable bonds is 4. The summed E-state index contributed by atoms with van der Waals surface area (Å²) in [5.74, 6) is 3.41. The number of H-pyrrole nitrogens is 2. The van der Waals surface area contributed by atoms with E-state index >= 15 is 0 Å². The zero-order chi connectivity index (χ0) is 23.2. The fourth-order valence-electron chi connectivity index (χ4n) is 2.81. The molecule has 0 bridgehead atoms. The molecule has 2 aliphatic carbocycles. The van der Waals surface area contributed by atoms with Crippen molar-refractivity contribution in [2.45, 2.75) is 37.5 Å². The molecule has 4 heterocycles. The molecule has 6 rings (SSSR count). The van der Waals surface area contributed by atoms with E-state index in [0.29, 0.717) is 22.7 Å². The van der Waals surface area contributed by atoms with Gasteiger partial charge in [0.05, 0.1) is 0 Å². The van der Waals surface area contributed by atoms with E-state index in [1.807, 2.05) is 12.1 Å². The Morgan fingerprint density at radius 3 is 1.91 bits per heavy atom. The number of anilines is 3. The van der Waals surface area contributed by atoms with Crippen LogP contribution in [-0.4, -0.2) is 40.3 Å². The highest BCUT2D eigenvalue weighted by Crippen LogP contribution is 2.40. The second kappa shape index (κ2) is 10.8. The third-order valence-corrected chi connectivity index (χ3v) is 5.30. The highest BCUT2D eigenvalue weighted by molar-refractivity contribution is 6.31. The molecule has 2 aliphatic rings. The first-order valence-corrected chi connectivity index (χ1v) is 11.4. The molecule has 0 atom stereocenters. The lowest BCUT2D eigenvalue weighted by molar-refractivity contribution is 0.966. The van der Waals surface area contributed by atoms with Crippen molar-refractivity contribution in [2.24, 2.45) is 0 Å². The van der Waals surface area contributed by atoms with Crippen LogP contribution in [0.3, 0.4) is 0 Å². The summed E-state index contributed by atoms with van der Waals surface area (Å²) in [7, 11) is 0. The fourth-order valence-corrected chi connectivity index (χ4v) is 3.29. The smallest absolute Gasteiger partial charge is 0.224 e. The summed E-state index contributed by atoms with van der Waals surface area (Å²) in [6.07, 6.45) is 8.19. The van der Waals surface area contributed by atoms with Crippen LogP contribution in [0.1, 0.15) is 48.9 Å². The first kappa shape index (κ1) is 23.2. The van der Waals surface area contributed by atoms with Gasteiger partial charge in [-0.15, -0.1) is 0 Å². The number of nitrogens with two attached hydrogens (primary N) is 1. The molecule has 172 valence electrons. The highest BCUT2D eigenvalue weighted by Gasteiger charge is 2.26. The second-order valence-electron chi connectivity index (χ2n) is 7.49. The Balaban J connectivity index is 0.000000129. The first-order valence-electron chi connectivity index (χ1n) is 10.2. The van der Waals surface area contributed by atoms with Crippen molar-refractivity contribution < 1.29 is 0 Å². The van der Waals surface area contributed by atoms with Gasteiger partial charge in [-0.25, -0.2) is 19.9 Å². The van der Waals surface area contributed by atoms with Gasteiger partial charge in [0.2, 0.25) is 10.6 Å². The maximum absolute atomic E-state index is 5.69. The molecular formula is C20H21Cl3N10. The average Bonchev–Trinajstić information content (AvgIpc) is 3.71. The quantitative estimate of drug-likeness (QED) is 0.220. The summed E-state index contributed by atoms with van der Waals surface area (Å²) >= 11 is 16.4. The van der Waals surface area contributed by atoms with Crippen molar-refractivity contribution in [2.75, 3.05) is 11.1 Å². The van der Waals surface area contributed by atoms with Crippen LogP contribution in [0.15, 0.2) is 36.7 Å². The molecule has 0 unspecified atom stereocenters. The van der Waals surface area contributed by atoms with E-state index in [9.17, 15) is 0 Å². The molecule has 33 heavy (non-hydrogen) atoms.